The van der Waals surface area contributed by atoms with Gasteiger partial charge >= 0.3 is 17.8 Å². The number of allylic oxidation sites excluding steroid dienone is 3. The molecular weight excluding hydrogens is 240 g/mol. The first-order chi connectivity index (χ1) is 7.70. The molecule has 0 N–H and O–H groups in total. The highest BCUT2D eigenvalue weighted by atomic mass is 19.3. The van der Waals surface area contributed by atoms with Crippen molar-refractivity contribution < 1.29 is 27.1 Å². The Bertz CT molecular complexity index is 372. The maximum atomic E-state index is 13.1. The van der Waals surface area contributed by atoms with E-state index in [0.717, 1.165) is 13.0 Å². The van der Waals surface area contributed by atoms with Crippen LogP contribution >= 0.6 is 0 Å². The van der Waals surface area contributed by atoms with Gasteiger partial charge in [0.2, 0.25) is 0 Å². The minimum atomic E-state index is -4.30. The van der Waals surface area contributed by atoms with Gasteiger partial charge in [-0.05, 0) is 6.92 Å². The fraction of sp³-hybridized carbons (Fsp3) is 0.545. The number of halogens is 4. The molecule has 1 aliphatic carbocycles. The normalized spacial score (nSPS) is 26.7. The van der Waals surface area contributed by atoms with E-state index < -0.39 is 35.9 Å². The Morgan fingerprint density at radius 2 is 2.06 bits per heavy atom. The topological polar surface area (TPSA) is 26.3 Å². The molecule has 96 valence electrons. The largest absolute Gasteiger partial charge is 0.428 e. The van der Waals surface area contributed by atoms with Gasteiger partial charge in [0, 0.05) is 24.5 Å². The van der Waals surface area contributed by atoms with E-state index in [4.69, 9.17) is 0 Å². The summed E-state index contributed by atoms with van der Waals surface area (Å²) >= 11 is 0. The number of rotatable bonds is 2. The minimum Gasteiger partial charge on any atom is -0.428 e. The zero-order chi connectivity index (χ0) is 13.3. The molecule has 17 heavy (non-hydrogen) atoms. The standard InChI is InChI=1S/C11H12F4O2/c1-3-4-9(16)17-8-5-7(2)11(14,15)10(12,13)6-8/h3-4,6-7H,5H2,1-2H3/b4-3+. The van der Waals surface area contributed by atoms with Crippen LogP contribution in [0.25, 0.3) is 0 Å². The lowest BCUT2D eigenvalue weighted by Gasteiger charge is -2.33. The van der Waals surface area contributed by atoms with E-state index in [2.05, 4.69) is 4.74 Å². The zero-order valence-electron chi connectivity index (χ0n) is 9.34. The van der Waals surface area contributed by atoms with Crippen LogP contribution in [0.1, 0.15) is 20.3 Å². The van der Waals surface area contributed by atoms with Crippen LogP contribution < -0.4 is 0 Å². The first-order valence-electron chi connectivity index (χ1n) is 5.02. The number of hydrogen-bond donors (Lipinski definition) is 0. The molecule has 0 aromatic carbocycles. The van der Waals surface area contributed by atoms with E-state index in [1.807, 2.05) is 0 Å². The predicted molar refractivity (Wildman–Crippen MR) is 52.7 cm³/mol. The van der Waals surface area contributed by atoms with Crippen molar-refractivity contribution in [3.05, 3.63) is 24.0 Å². The summed E-state index contributed by atoms with van der Waals surface area (Å²) in [6, 6.07) is 0. The van der Waals surface area contributed by atoms with Crippen molar-refractivity contribution in [2.24, 2.45) is 5.92 Å². The first-order valence-corrected chi connectivity index (χ1v) is 5.02. The van der Waals surface area contributed by atoms with Crippen molar-refractivity contribution in [2.75, 3.05) is 0 Å². The summed E-state index contributed by atoms with van der Waals surface area (Å²) < 4.78 is 56.9. The number of alkyl halides is 4. The molecule has 0 amide bonds. The molecule has 0 saturated carbocycles. The lowest BCUT2D eigenvalue weighted by atomic mass is 9.88. The first kappa shape index (κ1) is 13.7. The van der Waals surface area contributed by atoms with Gasteiger partial charge < -0.3 is 4.74 Å². The zero-order valence-corrected chi connectivity index (χ0v) is 9.34. The van der Waals surface area contributed by atoms with Gasteiger partial charge in [-0.15, -0.1) is 0 Å². The molecule has 0 spiro atoms. The van der Waals surface area contributed by atoms with Gasteiger partial charge in [-0.3, -0.25) is 0 Å². The molecule has 0 aliphatic heterocycles. The van der Waals surface area contributed by atoms with Gasteiger partial charge in [0.15, 0.2) is 0 Å². The summed E-state index contributed by atoms with van der Waals surface area (Å²) in [5.41, 5.74) is 0. The predicted octanol–water partition coefficient (Wildman–Crippen LogP) is 3.30. The molecule has 0 aromatic heterocycles. The van der Waals surface area contributed by atoms with Gasteiger partial charge in [0.1, 0.15) is 5.76 Å². The molecule has 2 nitrogen and oxygen atoms in total. The Kier molecular flexibility index (Phi) is 3.64. The van der Waals surface area contributed by atoms with Crippen molar-refractivity contribution in [2.45, 2.75) is 32.1 Å². The average molecular weight is 252 g/mol. The fourth-order valence-corrected chi connectivity index (χ4v) is 1.49. The third kappa shape index (κ3) is 2.68. The third-order valence-corrected chi connectivity index (χ3v) is 2.45. The number of hydrogen-bond acceptors (Lipinski definition) is 2. The summed E-state index contributed by atoms with van der Waals surface area (Å²) in [5, 5.41) is 0. The Hall–Kier alpha value is -1.33. The van der Waals surface area contributed by atoms with E-state index in [-0.39, 0.29) is 6.08 Å². The van der Waals surface area contributed by atoms with Crippen molar-refractivity contribution in [3.8, 4) is 0 Å². The lowest BCUT2D eigenvalue weighted by molar-refractivity contribution is -0.216. The SMILES string of the molecule is C/C=C/C(=O)OC1=CC(F)(F)C(F)(F)C(C)C1. The van der Waals surface area contributed by atoms with Crippen molar-refractivity contribution in [3.63, 3.8) is 0 Å². The molecule has 0 saturated heterocycles. The minimum absolute atomic E-state index is 0.0222. The summed E-state index contributed by atoms with van der Waals surface area (Å²) in [6.45, 7) is 2.53. The van der Waals surface area contributed by atoms with Crippen molar-refractivity contribution >= 4 is 5.97 Å². The van der Waals surface area contributed by atoms with E-state index in [1.54, 1.807) is 6.92 Å². The average Bonchev–Trinajstić information content (AvgIpc) is 2.14. The molecule has 0 radical (unpaired) electrons. The molecule has 0 bridgehead atoms. The molecule has 1 aliphatic rings. The summed E-state index contributed by atoms with van der Waals surface area (Å²) in [7, 11) is 0. The van der Waals surface area contributed by atoms with Gasteiger partial charge in [-0.2, -0.15) is 17.6 Å². The van der Waals surface area contributed by atoms with Crippen LogP contribution in [0, 0.1) is 5.92 Å². The monoisotopic (exact) mass is 252 g/mol. The van der Waals surface area contributed by atoms with Gasteiger partial charge in [-0.25, -0.2) is 4.79 Å². The van der Waals surface area contributed by atoms with Crippen molar-refractivity contribution in [1.29, 1.82) is 0 Å². The Morgan fingerprint density at radius 3 is 2.53 bits per heavy atom. The molecule has 0 heterocycles. The number of carbonyl (C=O) groups is 1. The quantitative estimate of drug-likeness (QED) is 0.428. The second kappa shape index (κ2) is 4.50. The smallest absolute Gasteiger partial charge is 0.335 e. The van der Waals surface area contributed by atoms with E-state index in [9.17, 15) is 22.4 Å². The molecule has 1 atom stereocenters. The van der Waals surface area contributed by atoms with Crippen LogP contribution in [0.4, 0.5) is 17.6 Å². The molecule has 0 fully saturated rings. The second-order valence-electron chi connectivity index (χ2n) is 3.88. The number of carbonyl (C=O) groups excluding carboxylic acids is 1. The van der Waals surface area contributed by atoms with Crippen LogP contribution in [-0.2, 0) is 9.53 Å². The Morgan fingerprint density at radius 1 is 1.47 bits per heavy atom. The fourth-order valence-electron chi connectivity index (χ4n) is 1.49. The number of ether oxygens (including phenoxy) is 1. The highest BCUT2D eigenvalue weighted by Crippen LogP contribution is 2.47. The molecular formula is C11H12F4O2. The summed E-state index contributed by atoms with van der Waals surface area (Å²) in [5.74, 6) is -11.3. The lowest BCUT2D eigenvalue weighted by Crippen LogP contribution is -2.47. The van der Waals surface area contributed by atoms with Crippen LogP contribution in [0.5, 0.6) is 0 Å². The Balaban J connectivity index is 2.91. The van der Waals surface area contributed by atoms with Gasteiger partial charge in [0.25, 0.3) is 0 Å². The third-order valence-electron chi connectivity index (χ3n) is 2.45. The Labute approximate surface area is 95.9 Å². The second-order valence-corrected chi connectivity index (χ2v) is 3.88. The highest BCUT2D eigenvalue weighted by Gasteiger charge is 2.61. The summed E-state index contributed by atoms with van der Waals surface area (Å²) in [6.07, 6.45) is 2.01. The van der Waals surface area contributed by atoms with E-state index in [0.29, 0.717) is 0 Å². The van der Waals surface area contributed by atoms with Gasteiger partial charge in [-0.1, -0.05) is 13.0 Å². The van der Waals surface area contributed by atoms with Crippen LogP contribution in [0.15, 0.2) is 24.0 Å². The number of esters is 1. The summed E-state index contributed by atoms with van der Waals surface area (Å²) in [4.78, 5) is 11.0. The van der Waals surface area contributed by atoms with E-state index in [1.165, 1.54) is 6.08 Å². The molecule has 0 aromatic rings. The van der Waals surface area contributed by atoms with E-state index >= 15 is 0 Å². The molecule has 1 rings (SSSR count). The maximum Gasteiger partial charge on any atom is 0.335 e. The van der Waals surface area contributed by atoms with Crippen LogP contribution in [0.3, 0.4) is 0 Å². The van der Waals surface area contributed by atoms with Gasteiger partial charge in [0.05, 0.1) is 0 Å². The molecule has 6 heteroatoms. The van der Waals surface area contributed by atoms with Crippen molar-refractivity contribution in [1.82, 2.24) is 0 Å². The van der Waals surface area contributed by atoms with Crippen LogP contribution in [0.2, 0.25) is 0 Å². The van der Waals surface area contributed by atoms with Crippen LogP contribution in [-0.4, -0.2) is 17.8 Å². The maximum absolute atomic E-state index is 13.1. The molecule has 1 unspecified atom stereocenters. The highest BCUT2D eigenvalue weighted by molar-refractivity contribution is 5.82.